The van der Waals surface area contributed by atoms with Crippen molar-refractivity contribution < 1.29 is 9.47 Å². The molecule has 0 rings (SSSR count). The van der Waals surface area contributed by atoms with Gasteiger partial charge >= 0.3 is 0 Å². The van der Waals surface area contributed by atoms with Crippen molar-refractivity contribution in [2.75, 3.05) is 14.2 Å². The highest BCUT2D eigenvalue weighted by Crippen LogP contribution is 2.26. The van der Waals surface area contributed by atoms with E-state index >= 15 is 0 Å². The van der Waals surface area contributed by atoms with Crippen molar-refractivity contribution in [3.8, 4) is 0 Å². The van der Waals surface area contributed by atoms with Crippen molar-refractivity contribution in [1.82, 2.24) is 0 Å². The van der Waals surface area contributed by atoms with E-state index in [0.717, 1.165) is 0 Å². The average Bonchev–Trinajstić information content (AvgIpc) is 1.88. The first-order chi connectivity index (χ1) is 4.37. The largest absolute Gasteiger partial charge is 0.376 e. The first-order valence-electron chi connectivity index (χ1n) is 3.47. The third kappa shape index (κ3) is 1.70. The summed E-state index contributed by atoms with van der Waals surface area (Å²) in [5, 5.41) is 0. The molecule has 0 bridgehead atoms. The van der Waals surface area contributed by atoms with E-state index in [0.29, 0.717) is 0 Å². The van der Waals surface area contributed by atoms with Gasteiger partial charge in [0.15, 0.2) is 0 Å². The lowest BCUT2D eigenvalue weighted by Crippen LogP contribution is -2.48. The summed E-state index contributed by atoms with van der Waals surface area (Å²) in [6.45, 7) is 8.04. The van der Waals surface area contributed by atoms with Gasteiger partial charge in [-0.05, 0) is 27.7 Å². The molecular formula is C8H18O2. The van der Waals surface area contributed by atoms with Crippen LogP contribution in [0.25, 0.3) is 0 Å². The second-order valence-electron chi connectivity index (χ2n) is 3.43. The Kier molecular flexibility index (Phi) is 2.86. The van der Waals surface area contributed by atoms with Gasteiger partial charge in [0.25, 0.3) is 0 Å². The van der Waals surface area contributed by atoms with Crippen molar-refractivity contribution in [2.45, 2.75) is 38.9 Å². The molecule has 0 atom stereocenters. The van der Waals surface area contributed by atoms with Gasteiger partial charge < -0.3 is 9.47 Å². The zero-order chi connectivity index (χ0) is 8.41. The molecule has 0 unspecified atom stereocenters. The monoisotopic (exact) mass is 146 g/mol. The number of rotatable bonds is 3. The number of methoxy groups -OCH3 is 2. The molecule has 10 heavy (non-hydrogen) atoms. The van der Waals surface area contributed by atoms with Gasteiger partial charge in [0, 0.05) is 14.2 Å². The third-order valence-corrected chi connectivity index (χ3v) is 2.47. The average molecular weight is 146 g/mol. The first kappa shape index (κ1) is 9.92. The van der Waals surface area contributed by atoms with Crippen molar-refractivity contribution in [2.24, 2.45) is 0 Å². The third-order valence-electron chi connectivity index (χ3n) is 2.47. The van der Waals surface area contributed by atoms with E-state index in [4.69, 9.17) is 9.47 Å². The predicted octanol–water partition coefficient (Wildman–Crippen LogP) is 1.84. The van der Waals surface area contributed by atoms with E-state index in [2.05, 4.69) is 0 Å². The minimum Gasteiger partial charge on any atom is -0.376 e. The Morgan fingerprint density at radius 1 is 0.700 bits per heavy atom. The van der Waals surface area contributed by atoms with Crippen LogP contribution in [0.1, 0.15) is 27.7 Å². The zero-order valence-electron chi connectivity index (χ0n) is 7.82. The highest BCUT2D eigenvalue weighted by molar-refractivity contribution is 4.88. The molecule has 0 aliphatic heterocycles. The van der Waals surface area contributed by atoms with E-state index in [9.17, 15) is 0 Å². The lowest BCUT2D eigenvalue weighted by Gasteiger charge is -2.38. The summed E-state index contributed by atoms with van der Waals surface area (Å²) in [7, 11) is 3.39. The number of hydrogen-bond acceptors (Lipinski definition) is 2. The lowest BCUT2D eigenvalue weighted by molar-refractivity contribution is -0.147. The van der Waals surface area contributed by atoms with Crippen LogP contribution in [0.4, 0.5) is 0 Å². The summed E-state index contributed by atoms with van der Waals surface area (Å²) in [6.07, 6.45) is 0. The Morgan fingerprint density at radius 2 is 0.900 bits per heavy atom. The summed E-state index contributed by atoms with van der Waals surface area (Å²) in [4.78, 5) is 0. The number of ether oxygens (including phenoxy) is 2. The van der Waals surface area contributed by atoms with Crippen LogP contribution in [0.5, 0.6) is 0 Å². The molecule has 0 aliphatic rings. The molecule has 0 spiro atoms. The smallest absolute Gasteiger partial charge is 0.0905 e. The van der Waals surface area contributed by atoms with Gasteiger partial charge in [-0.25, -0.2) is 0 Å². The lowest BCUT2D eigenvalue weighted by atomic mass is 9.89. The molecule has 2 heteroatoms. The van der Waals surface area contributed by atoms with Crippen LogP contribution < -0.4 is 0 Å². The van der Waals surface area contributed by atoms with Gasteiger partial charge in [0.2, 0.25) is 0 Å². The maximum Gasteiger partial charge on any atom is 0.0905 e. The number of hydrogen-bond donors (Lipinski definition) is 0. The molecule has 0 aromatic rings. The van der Waals surface area contributed by atoms with Crippen molar-refractivity contribution in [3.63, 3.8) is 0 Å². The maximum atomic E-state index is 5.27. The van der Waals surface area contributed by atoms with Gasteiger partial charge in [0.05, 0.1) is 11.2 Å². The van der Waals surface area contributed by atoms with Gasteiger partial charge in [-0.1, -0.05) is 0 Å². The molecule has 0 aromatic heterocycles. The summed E-state index contributed by atoms with van der Waals surface area (Å²) < 4.78 is 10.5. The minimum absolute atomic E-state index is 0.234. The summed E-state index contributed by atoms with van der Waals surface area (Å²) >= 11 is 0. The van der Waals surface area contributed by atoms with Crippen LogP contribution >= 0.6 is 0 Å². The van der Waals surface area contributed by atoms with E-state index in [1.54, 1.807) is 14.2 Å². The molecule has 0 saturated heterocycles. The Balaban J connectivity index is 4.28. The molecule has 0 N–H and O–H groups in total. The van der Waals surface area contributed by atoms with Crippen LogP contribution in [0.3, 0.4) is 0 Å². The van der Waals surface area contributed by atoms with Crippen molar-refractivity contribution in [1.29, 1.82) is 0 Å². The van der Waals surface area contributed by atoms with E-state index < -0.39 is 0 Å². The first-order valence-corrected chi connectivity index (χ1v) is 3.47. The standard InChI is InChI=1S/C8H18O2/c1-7(2,9-5)8(3,4)10-6/h1-6H3. The van der Waals surface area contributed by atoms with Crippen molar-refractivity contribution >= 4 is 0 Å². The molecular weight excluding hydrogens is 128 g/mol. The van der Waals surface area contributed by atoms with Crippen LogP contribution in [0, 0.1) is 0 Å². The second-order valence-corrected chi connectivity index (χ2v) is 3.43. The highest BCUT2D eigenvalue weighted by atomic mass is 16.5. The molecule has 0 amide bonds. The minimum atomic E-state index is -0.234. The maximum absolute atomic E-state index is 5.27. The quantitative estimate of drug-likeness (QED) is 0.605. The van der Waals surface area contributed by atoms with Crippen LogP contribution in [0.2, 0.25) is 0 Å². The molecule has 62 valence electrons. The molecule has 0 aromatic carbocycles. The van der Waals surface area contributed by atoms with Crippen LogP contribution in [-0.4, -0.2) is 25.4 Å². The summed E-state index contributed by atoms with van der Waals surface area (Å²) in [5.74, 6) is 0. The highest BCUT2D eigenvalue weighted by Gasteiger charge is 2.36. The molecule has 0 radical (unpaired) electrons. The van der Waals surface area contributed by atoms with E-state index in [1.165, 1.54) is 0 Å². The molecule has 0 heterocycles. The van der Waals surface area contributed by atoms with E-state index in [-0.39, 0.29) is 11.2 Å². The van der Waals surface area contributed by atoms with Crippen LogP contribution in [0.15, 0.2) is 0 Å². The SMILES string of the molecule is COC(C)(C)C(C)(C)OC. The predicted molar refractivity (Wildman–Crippen MR) is 42.2 cm³/mol. The van der Waals surface area contributed by atoms with Gasteiger partial charge in [-0.2, -0.15) is 0 Å². The molecule has 0 fully saturated rings. The topological polar surface area (TPSA) is 18.5 Å². The second kappa shape index (κ2) is 2.89. The van der Waals surface area contributed by atoms with Crippen molar-refractivity contribution in [3.05, 3.63) is 0 Å². The summed E-state index contributed by atoms with van der Waals surface area (Å²) in [5.41, 5.74) is -0.469. The van der Waals surface area contributed by atoms with Crippen LogP contribution in [-0.2, 0) is 9.47 Å². The Morgan fingerprint density at radius 3 is 1.00 bits per heavy atom. The van der Waals surface area contributed by atoms with Gasteiger partial charge in [-0.15, -0.1) is 0 Å². The van der Waals surface area contributed by atoms with E-state index in [1.807, 2.05) is 27.7 Å². The summed E-state index contributed by atoms with van der Waals surface area (Å²) in [6, 6.07) is 0. The van der Waals surface area contributed by atoms with Gasteiger partial charge in [-0.3, -0.25) is 0 Å². The zero-order valence-corrected chi connectivity index (χ0v) is 7.82. The Bertz CT molecular complexity index is 91.8. The fourth-order valence-corrected chi connectivity index (χ4v) is 0.492. The fourth-order valence-electron chi connectivity index (χ4n) is 0.492. The Labute approximate surface area is 63.5 Å². The normalized spacial score (nSPS) is 13.8. The molecule has 0 saturated carbocycles. The van der Waals surface area contributed by atoms with Gasteiger partial charge in [0.1, 0.15) is 0 Å². The fraction of sp³-hybridized carbons (Fsp3) is 1.00. The molecule has 0 aliphatic carbocycles. The molecule has 2 nitrogen and oxygen atoms in total. The Hall–Kier alpha value is -0.0800.